The van der Waals surface area contributed by atoms with E-state index in [1.165, 1.54) is 63.1 Å². The summed E-state index contributed by atoms with van der Waals surface area (Å²) in [5, 5.41) is 0. The predicted molar refractivity (Wildman–Crippen MR) is 101 cm³/mol. The molecular weight excluding hydrogens is 310 g/mol. The number of benzene rings is 1. The minimum absolute atomic E-state index is 0.805. The van der Waals surface area contributed by atoms with E-state index in [2.05, 4.69) is 20.4 Å². The number of anilines is 1. The van der Waals surface area contributed by atoms with Gasteiger partial charge in [0.05, 0.1) is 17.6 Å². The molecule has 25 heavy (non-hydrogen) atoms. The molecule has 0 saturated carbocycles. The van der Waals surface area contributed by atoms with E-state index >= 15 is 0 Å². The zero-order valence-electron chi connectivity index (χ0n) is 15.0. The van der Waals surface area contributed by atoms with Crippen LogP contribution in [0.2, 0.25) is 0 Å². The maximum absolute atomic E-state index is 5.93. The number of imidazole rings is 1. The van der Waals surface area contributed by atoms with E-state index in [9.17, 15) is 0 Å². The number of piperidine rings is 2. The average Bonchev–Trinajstić information content (AvgIpc) is 2.98. The Morgan fingerprint density at radius 1 is 1.04 bits per heavy atom. The average molecular weight is 339 g/mol. The largest absolute Gasteiger partial charge is 0.399 e. The van der Waals surface area contributed by atoms with Gasteiger partial charge in [0, 0.05) is 31.4 Å². The van der Waals surface area contributed by atoms with E-state index < -0.39 is 0 Å². The van der Waals surface area contributed by atoms with Crippen LogP contribution in [0.3, 0.4) is 0 Å². The Morgan fingerprint density at radius 2 is 1.96 bits per heavy atom. The zero-order valence-corrected chi connectivity index (χ0v) is 15.0. The smallest absolute Gasteiger partial charge is 0.124 e. The first-order valence-corrected chi connectivity index (χ1v) is 9.99. The van der Waals surface area contributed by atoms with Crippen LogP contribution in [-0.2, 0) is 13.1 Å². The van der Waals surface area contributed by atoms with E-state index in [1.807, 2.05) is 12.1 Å². The summed E-state index contributed by atoms with van der Waals surface area (Å²) < 4.78 is 2.39. The van der Waals surface area contributed by atoms with Crippen molar-refractivity contribution in [3.05, 3.63) is 24.0 Å². The Kier molecular flexibility index (Phi) is 3.94. The second-order valence-corrected chi connectivity index (χ2v) is 8.16. The molecule has 0 amide bonds. The van der Waals surface area contributed by atoms with Gasteiger partial charge in [-0.3, -0.25) is 4.90 Å². The predicted octanol–water partition coefficient (Wildman–Crippen LogP) is 2.70. The molecule has 0 spiro atoms. The lowest BCUT2D eigenvalue weighted by molar-refractivity contribution is 0.0353. The van der Waals surface area contributed by atoms with Gasteiger partial charge < -0.3 is 15.2 Å². The van der Waals surface area contributed by atoms with E-state index in [-0.39, 0.29) is 0 Å². The molecule has 3 aliphatic heterocycles. The molecule has 2 fully saturated rings. The van der Waals surface area contributed by atoms with Crippen molar-refractivity contribution >= 4 is 16.7 Å². The number of rotatable bonds is 2. The van der Waals surface area contributed by atoms with Gasteiger partial charge in [-0.05, 0) is 62.9 Å². The molecule has 2 N–H and O–H groups in total. The highest BCUT2D eigenvalue weighted by atomic mass is 15.3. The number of fused-ring (bicyclic) bond motifs is 4. The van der Waals surface area contributed by atoms with E-state index in [4.69, 9.17) is 10.7 Å². The Labute approximate surface area is 149 Å². The van der Waals surface area contributed by atoms with Gasteiger partial charge in [-0.15, -0.1) is 0 Å². The van der Waals surface area contributed by atoms with Gasteiger partial charge in [-0.25, -0.2) is 4.98 Å². The third kappa shape index (κ3) is 2.83. The summed E-state index contributed by atoms with van der Waals surface area (Å²) in [4.78, 5) is 10.3. The Hall–Kier alpha value is -1.59. The molecule has 0 unspecified atom stereocenters. The van der Waals surface area contributed by atoms with Crippen molar-refractivity contribution in [1.29, 1.82) is 0 Å². The molecule has 1 aromatic heterocycles. The lowest BCUT2D eigenvalue weighted by Gasteiger charge is -2.46. The highest BCUT2D eigenvalue weighted by Crippen LogP contribution is 2.32. The number of nitrogens with two attached hydrogens (primary N) is 1. The van der Waals surface area contributed by atoms with Crippen molar-refractivity contribution in [2.75, 3.05) is 31.9 Å². The van der Waals surface area contributed by atoms with Crippen molar-refractivity contribution < 1.29 is 0 Å². The fraction of sp³-hybridized carbons (Fsp3) is 0.650. The van der Waals surface area contributed by atoms with E-state index in [1.54, 1.807) is 0 Å². The highest BCUT2D eigenvalue weighted by molar-refractivity contribution is 5.79. The minimum atomic E-state index is 0.805. The van der Waals surface area contributed by atoms with Gasteiger partial charge in [0.15, 0.2) is 0 Å². The molecule has 134 valence electrons. The Bertz CT molecular complexity index is 765. The maximum atomic E-state index is 5.93. The number of aromatic nitrogens is 2. The topological polar surface area (TPSA) is 50.3 Å². The summed E-state index contributed by atoms with van der Waals surface area (Å²) >= 11 is 0. The highest BCUT2D eigenvalue weighted by Gasteiger charge is 2.34. The number of nitrogens with zero attached hydrogens (tertiary/aromatic N) is 4. The van der Waals surface area contributed by atoms with Crippen LogP contribution in [0.4, 0.5) is 5.69 Å². The minimum Gasteiger partial charge on any atom is -0.399 e. The van der Waals surface area contributed by atoms with Crippen molar-refractivity contribution in [3.8, 4) is 0 Å². The van der Waals surface area contributed by atoms with Crippen LogP contribution in [0.15, 0.2) is 18.2 Å². The first-order valence-electron chi connectivity index (χ1n) is 9.99. The molecule has 4 heterocycles. The van der Waals surface area contributed by atoms with Gasteiger partial charge >= 0.3 is 0 Å². The molecule has 0 aliphatic carbocycles. The number of hydrogen-bond donors (Lipinski definition) is 1. The maximum Gasteiger partial charge on any atom is 0.124 e. The first-order chi connectivity index (χ1) is 12.3. The van der Waals surface area contributed by atoms with Crippen LogP contribution in [0, 0.1) is 5.92 Å². The lowest BCUT2D eigenvalue weighted by atomic mass is 9.83. The van der Waals surface area contributed by atoms with Crippen LogP contribution in [0.5, 0.6) is 0 Å². The summed E-state index contributed by atoms with van der Waals surface area (Å²) in [7, 11) is 0. The molecule has 5 nitrogen and oxygen atoms in total. The van der Waals surface area contributed by atoms with Crippen LogP contribution in [-0.4, -0.2) is 51.6 Å². The molecule has 2 atom stereocenters. The van der Waals surface area contributed by atoms with Crippen molar-refractivity contribution in [3.63, 3.8) is 0 Å². The SMILES string of the molecule is Nc1ccc2c(c1)nc1n2CCN(C[C@@H]2CCCN3CCCC[C@H]23)C1. The van der Waals surface area contributed by atoms with Gasteiger partial charge in [0.1, 0.15) is 5.82 Å². The van der Waals surface area contributed by atoms with Gasteiger partial charge in [-0.2, -0.15) is 0 Å². The molecule has 0 bridgehead atoms. The summed E-state index contributed by atoms with van der Waals surface area (Å²) in [6, 6.07) is 6.95. The monoisotopic (exact) mass is 339 g/mol. The fourth-order valence-electron chi connectivity index (χ4n) is 5.37. The van der Waals surface area contributed by atoms with Crippen LogP contribution < -0.4 is 5.73 Å². The second-order valence-electron chi connectivity index (χ2n) is 8.16. The van der Waals surface area contributed by atoms with Crippen molar-refractivity contribution in [1.82, 2.24) is 19.4 Å². The molecule has 1 aromatic carbocycles. The third-order valence-corrected chi connectivity index (χ3v) is 6.58. The van der Waals surface area contributed by atoms with Crippen molar-refractivity contribution in [2.45, 2.75) is 51.2 Å². The quantitative estimate of drug-likeness (QED) is 0.855. The van der Waals surface area contributed by atoms with Crippen molar-refractivity contribution in [2.24, 2.45) is 5.92 Å². The molecule has 5 rings (SSSR count). The summed E-state index contributed by atoms with van der Waals surface area (Å²) in [5.74, 6) is 2.06. The first kappa shape index (κ1) is 15.6. The van der Waals surface area contributed by atoms with Gasteiger partial charge in [0.25, 0.3) is 0 Å². The van der Waals surface area contributed by atoms with Crippen LogP contribution in [0.25, 0.3) is 11.0 Å². The molecule has 0 radical (unpaired) electrons. The van der Waals surface area contributed by atoms with Gasteiger partial charge in [-0.1, -0.05) is 6.42 Å². The normalized spacial score (nSPS) is 28.0. The zero-order chi connectivity index (χ0) is 16.8. The fourth-order valence-corrected chi connectivity index (χ4v) is 5.37. The Balaban J connectivity index is 1.32. The lowest BCUT2D eigenvalue weighted by Crippen LogP contribution is -2.51. The standard InChI is InChI=1S/C20H29N5/c21-16-6-7-19-17(12-16)22-20-14-23(10-11-25(19)20)13-15-4-3-9-24-8-2-1-5-18(15)24/h6-7,12,15,18H,1-5,8-11,13-14,21H2/t15-,18+/m0/s1. The molecule has 3 aliphatic rings. The Morgan fingerprint density at radius 3 is 2.92 bits per heavy atom. The number of hydrogen-bond acceptors (Lipinski definition) is 4. The summed E-state index contributed by atoms with van der Waals surface area (Å²) in [6.07, 6.45) is 7.03. The van der Waals surface area contributed by atoms with Crippen LogP contribution in [0.1, 0.15) is 37.9 Å². The van der Waals surface area contributed by atoms with Gasteiger partial charge in [0.2, 0.25) is 0 Å². The number of nitrogen functional groups attached to an aromatic ring is 1. The van der Waals surface area contributed by atoms with E-state index in [0.717, 1.165) is 42.8 Å². The summed E-state index contributed by atoms with van der Waals surface area (Å²) in [6.45, 7) is 7.09. The molecule has 5 heteroatoms. The molecular formula is C20H29N5. The second kappa shape index (κ2) is 6.29. The van der Waals surface area contributed by atoms with Crippen LogP contribution >= 0.6 is 0 Å². The third-order valence-electron chi connectivity index (χ3n) is 6.58. The summed E-state index contributed by atoms with van der Waals surface area (Å²) in [5.41, 5.74) is 9.02. The van der Waals surface area contributed by atoms with E-state index in [0.29, 0.717) is 0 Å². The molecule has 2 aromatic rings. The molecule has 2 saturated heterocycles.